The molecule has 0 spiro atoms. The van der Waals surface area contributed by atoms with Gasteiger partial charge >= 0.3 is 0 Å². The molecule has 21 heavy (non-hydrogen) atoms. The summed E-state index contributed by atoms with van der Waals surface area (Å²) in [6.45, 7) is 6.92. The minimum absolute atomic E-state index is 0.127. The summed E-state index contributed by atoms with van der Waals surface area (Å²) in [4.78, 5) is 13.1. The van der Waals surface area contributed by atoms with Gasteiger partial charge < -0.3 is 15.4 Å². The molecule has 1 fully saturated rings. The zero-order chi connectivity index (χ0) is 15.4. The zero-order valence-corrected chi connectivity index (χ0v) is 13.5. The highest BCUT2D eigenvalue weighted by atomic mass is 32.1. The largest absolute Gasteiger partial charge is 0.377 e. The van der Waals surface area contributed by atoms with Crippen LogP contribution in [0.5, 0.6) is 0 Å². The molecule has 2 rings (SSSR count). The average molecular weight is 307 g/mol. The quantitative estimate of drug-likeness (QED) is 0.875. The lowest BCUT2D eigenvalue weighted by Gasteiger charge is -2.19. The molecule has 2 N–H and O–H groups in total. The summed E-state index contributed by atoms with van der Waals surface area (Å²) >= 11 is 1.45. The van der Waals surface area contributed by atoms with Gasteiger partial charge in [0.1, 0.15) is 11.1 Å². The van der Waals surface area contributed by atoms with Crippen LogP contribution in [0.2, 0.25) is 0 Å². The Hall–Kier alpha value is -1.42. The number of hydrogen-bond donors (Lipinski definition) is 2. The Morgan fingerprint density at radius 3 is 2.95 bits per heavy atom. The highest BCUT2D eigenvalue weighted by Crippen LogP contribution is 2.31. The molecule has 5 nitrogen and oxygen atoms in total. The van der Waals surface area contributed by atoms with Gasteiger partial charge in [0, 0.05) is 17.5 Å². The number of aryl methyl sites for hydroxylation is 1. The molecule has 0 aromatic carbocycles. The van der Waals surface area contributed by atoms with Crippen molar-refractivity contribution in [1.29, 1.82) is 5.26 Å². The molecule has 0 unspecified atom stereocenters. The van der Waals surface area contributed by atoms with E-state index in [1.807, 2.05) is 20.8 Å². The summed E-state index contributed by atoms with van der Waals surface area (Å²) in [6.07, 6.45) is 2.32. The van der Waals surface area contributed by atoms with E-state index in [-0.39, 0.29) is 24.6 Å². The normalized spacial score (nSPS) is 19.2. The van der Waals surface area contributed by atoms with E-state index in [1.54, 1.807) is 0 Å². The smallest absolute Gasteiger partial charge is 0.238 e. The summed E-state index contributed by atoms with van der Waals surface area (Å²) in [6, 6.07) is 2.31. The Labute approximate surface area is 129 Å². The number of nitriles is 1. The zero-order valence-electron chi connectivity index (χ0n) is 12.7. The minimum atomic E-state index is -0.127. The molecule has 114 valence electrons. The molecule has 0 saturated carbocycles. The van der Waals surface area contributed by atoms with Crippen LogP contribution in [0.1, 0.15) is 35.8 Å². The van der Waals surface area contributed by atoms with E-state index in [2.05, 4.69) is 16.7 Å². The summed E-state index contributed by atoms with van der Waals surface area (Å²) in [7, 11) is 0. The van der Waals surface area contributed by atoms with Gasteiger partial charge in [0.15, 0.2) is 0 Å². The van der Waals surface area contributed by atoms with Gasteiger partial charge in [-0.2, -0.15) is 5.26 Å². The second-order valence-corrected chi connectivity index (χ2v) is 6.59. The third-order valence-corrected chi connectivity index (χ3v) is 4.98. The van der Waals surface area contributed by atoms with Crippen LogP contribution < -0.4 is 10.6 Å². The molecule has 0 radical (unpaired) electrons. The van der Waals surface area contributed by atoms with Crippen LogP contribution in [0.3, 0.4) is 0 Å². The number of anilines is 1. The van der Waals surface area contributed by atoms with E-state index in [9.17, 15) is 4.79 Å². The number of rotatable bonds is 5. The first kappa shape index (κ1) is 16.0. The van der Waals surface area contributed by atoms with Crippen LogP contribution in [0, 0.1) is 25.2 Å². The van der Waals surface area contributed by atoms with Crippen LogP contribution in [0.15, 0.2) is 0 Å². The van der Waals surface area contributed by atoms with Gasteiger partial charge in [-0.1, -0.05) is 0 Å². The molecule has 0 bridgehead atoms. The molecule has 1 aliphatic rings. The molecule has 1 amide bonds. The number of amides is 1. The van der Waals surface area contributed by atoms with Crippen molar-refractivity contribution in [3.05, 3.63) is 16.0 Å². The maximum absolute atomic E-state index is 12.0. The van der Waals surface area contributed by atoms with E-state index >= 15 is 0 Å². The van der Waals surface area contributed by atoms with Crippen LogP contribution in [-0.2, 0) is 9.53 Å². The van der Waals surface area contributed by atoms with Crippen molar-refractivity contribution in [2.45, 2.75) is 45.8 Å². The van der Waals surface area contributed by atoms with Crippen LogP contribution in [0.4, 0.5) is 5.00 Å². The Kier molecular flexibility index (Phi) is 5.34. The van der Waals surface area contributed by atoms with E-state index < -0.39 is 0 Å². The number of carbonyl (C=O) groups excluding carboxylic acids is 1. The van der Waals surface area contributed by atoms with Crippen LogP contribution >= 0.6 is 11.3 Å². The molecule has 0 aliphatic carbocycles. The summed E-state index contributed by atoms with van der Waals surface area (Å²) in [5.74, 6) is -0.127. The number of ether oxygens (including phenoxy) is 1. The number of hydrogen-bond acceptors (Lipinski definition) is 5. The second-order valence-electron chi connectivity index (χ2n) is 5.37. The number of nitrogens with zero attached hydrogens (tertiary/aromatic N) is 1. The third-order valence-electron chi connectivity index (χ3n) is 3.86. The van der Waals surface area contributed by atoms with E-state index in [1.165, 1.54) is 11.3 Å². The first-order valence-electron chi connectivity index (χ1n) is 7.18. The van der Waals surface area contributed by atoms with Crippen molar-refractivity contribution in [3.8, 4) is 6.07 Å². The number of carbonyl (C=O) groups is 1. The lowest BCUT2D eigenvalue weighted by Crippen LogP contribution is -2.41. The molecule has 1 aromatic heterocycles. The molecular weight excluding hydrogens is 286 g/mol. The van der Waals surface area contributed by atoms with Gasteiger partial charge in [-0.05, 0) is 39.2 Å². The Morgan fingerprint density at radius 2 is 2.33 bits per heavy atom. The second kappa shape index (κ2) is 7.03. The lowest BCUT2D eigenvalue weighted by molar-refractivity contribution is -0.115. The molecule has 1 saturated heterocycles. The fourth-order valence-corrected chi connectivity index (χ4v) is 3.43. The van der Waals surface area contributed by atoms with E-state index in [0.29, 0.717) is 10.6 Å². The minimum Gasteiger partial charge on any atom is -0.377 e. The number of nitrogens with one attached hydrogen (secondary N) is 2. The van der Waals surface area contributed by atoms with Crippen molar-refractivity contribution in [2.75, 3.05) is 18.5 Å². The standard InChI is InChI=1S/C15H21N3O2S/c1-9-11(3)21-15(12(9)7-16)18-14(19)8-17-10(2)13-5-4-6-20-13/h10,13,17H,4-6,8H2,1-3H3,(H,18,19)/t10-,13+/m0/s1. The maximum Gasteiger partial charge on any atom is 0.238 e. The van der Waals surface area contributed by atoms with Gasteiger partial charge in [0.2, 0.25) is 5.91 Å². The summed E-state index contributed by atoms with van der Waals surface area (Å²) < 4.78 is 5.59. The predicted octanol–water partition coefficient (Wildman–Crippen LogP) is 2.33. The lowest BCUT2D eigenvalue weighted by atomic mass is 10.1. The topological polar surface area (TPSA) is 74.2 Å². The van der Waals surface area contributed by atoms with Crippen LogP contribution in [0.25, 0.3) is 0 Å². The predicted molar refractivity (Wildman–Crippen MR) is 83.6 cm³/mol. The molecule has 1 aliphatic heterocycles. The Morgan fingerprint density at radius 1 is 1.57 bits per heavy atom. The maximum atomic E-state index is 12.0. The highest BCUT2D eigenvalue weighted by molar-refractivity contribution is 7.16. The van der Waals surface area contributed by atoms with Gasteiger partial charge in [-0.15, -0.1) is 11.3 Å². The molecule has 6 heteroatoms. The molecule has 1 aromatic rings. The summed E-state index contributed by atoms with van der Waals surface area (Å²) in [5.41, 5.74) is 1.51. The third kappa shape index (κ3) is 3.82. The van der Waals surface area contributed by atoms with Gasteiger partial charge in [-0.3, -0.25) is 4.79 Å². The van der Waals surface area contributed by atoms with E-state index in [0.717, 1.165) is 29.9 Å². The van der Waals surface area contributed by atoms with E-state index in [4.69, 9.17) is 10.00 Å². The molecule has 2 heterocycles. The Balaban J connectivity index is 1.87. The monoisotopic (exact) mass is 307 g/mol. The fraction of sp³-hybridized carbons (Fsp3) is 0.600. The summed E-state index contributed by atoms with van der Waals surface area (Å²) in [5, 5.41) is 15.8. The van der Waals surface area contributed by atoms with Gasteiger partial charge in [0.25, 0.3) is 0 Å². The van der Waals surface area contributed by atoms with Gasteiger partial charge in [-0.25, -0.2) is 0 Å². The van der Waals surface area contributed by atoms with Crippen molar-refractivity contribution < 1.29 is 9.53 Å². The van der Waals surface area contributed by atoms with Crippen molar-refractivity contribution in [3.63, 3.8) is 0 Å². The first-order valence-corrected chi connectivity index (χ1v) is 7.99. The van der Waals surface area contributed by atoms with Crippen molar-refractivity contribution >= 4 is 22.2 Å². The van der Waals surface area contributed by atoms with Crippen LogP contribution in [-0.4, -0.2) is 31.2 Å². The molecular formula is C15H21N3O2S. The van der Waals surface area contributed by atoms with Crippen molar-refractivity contribution in [2.24, 2.45) is 0 Å². The highest BCUT2D eigenvalue weighted by Gasteiger charge is 2.22. The molecule has 2 atom stereocenters. The SMILES string of the molecule is Cc1sc(NC(=O)CN[C@@H](C)[C@H]2CCCO2)c(C#N)c1C. The van der Waals surface area contributed by atoms with Crippen molar-refractivity contribution in [1.82, 2.24) is 5.32 Å². The fourth-order valence-electron chi connectivity index (χ4n) is 2.40. The average Bonchev–Trinajstić information content (AvgIpc) is 3.06. The van der Waals surface area contributed by atoms with Gasteiger partial charge in [0.05, 0.1) is 18.2 Å². The first-order chi connectivity index (χ1) is 10.0. The Bertz CT molecular complexity index is 556. The number of thiophene rings is 1.